The van der Waals surface area contributed by atoms with Crippen molar-refractivity contribution in [1.82, 2.24) is 4.90 Å². The van der Waals surface area contributed by atoms with E-state index in [9.17, 15) is 18.0 Å². The van der Waals surface area contributed by atoms with Crippen molar-refractivity contribution in [3.63, 3.8) is 0 Å². The number of fused-ring (bicyclic) bond motifs is 1. The van der Waals surface area contributed by atoms with E-state index in [1.165, 1.54) is 11.0 Å². The topological polar surface area (TPSA) is 32.8 Å². The van der Waals surface area contributed by atoms with Gasteiger partial charge in [0.2, 0.25) is 5.91 Å². The first-order valence-corrected chi connectivity index (χ1v) is 9.92. The van der Waals surface area contributed by atoms with Gasteiger partial charge in [-0.2, -0.15) is 13.2 Å². The highest BCUT2D eigenvalue weighted by atomic mass is 19.4. The number of ether oxygens (including phenoxy) is 1. The number of rotatable bonds is 5. The first-order chi connectivity index (χ1) is 14.1. The minimum atomic E-state index is -4.49. The van der Waals surface area contributed by atoms with Crippen molar-refractivity contribution in [3.8, 4) is 5.75 Å². The Morgan fingerprint density at radius 2 is 1.80 bits per heavy atom. The van der Waals surface area contributed by atoms with Gasteiger partial charge in [-0.1, -0.05) is 25.1 Å². The number of benzene rings is 2. The fraction of sp³-hybridized carbons (Fsp3) is 0.435. The molecule has 1 heterocycles. The Kier molecular flexibility index (Phi) is 6.41. The Balaban J connectivity index is 2.13. The van der Waals surface area contributed by atoms with Crippen LogP contribution < -0.4 is 9.64 Å². The molecule has 1 aliphatic heterocycles. The van der Waals surface area contributed by atoms with Crippen molar-refractivity contribution < 1.29 is 22.7 Å². The van der Waals surface area contributed by atoms with Crippen LogP contribution in [0.4, 0.5) is 18.9 Å². The minimum absolute atomic E-state index is 0.142. The monoisotopic (exact) mass is 420 g/mol. The molecule has 1 aliphatic rings. The second kappa shape index (κ2) is 8.68. The summed E-state index contributed by atoms with van der Waals surface area (Å²) in [6.07, 6.45) is -4.34. The quantitative estimate of drug-likeness (QED) is 0.710. The molecular weight excluding hydrogens is 393 g/mol. The second-order valence-electron chi connectivity index (χ2n) is 7.97. The highest BCUT2D eigenvalue weighted by Crippen LogP contribution is 2.43. The predicted octanol–water partition coefficient (Wildman–Crippen LogP) is 4.58. The van der Waals surface area contributed by atoms with Gasteiger partial charge in [0.1, 0.15) is 5.75 Å². The van der Waals surface area contributed by atoms with Gasteiger partial charge >= 0.3 is 6.18 Å². The van der Waals surface area contributed by atoms with Crippen LogP contribution in [0, 0.1) is 5.92 Å². The molecule has 0 bridgehead atoms. The molecule has 2 aromatic carbocycles. The number of carbonyl (C=O) groups excluding carboxylic acids is 1. The third-order valence-corrected chi connectivity index (χ3v) is 5.75. The van der Waals surface area contributed by atoms with Crippen molar-refractivity contribution in [2.75, 3.05) is 39.2 Å². The van der Waals surface area contributed by atoms with E-state index in [2.05, 4.69) is 0 Å². The SMILES string of the molecule is COc1ccc(C2Cc3c(cccc3C(F)(F)F)N(CCN(C)C)C(=O)C2C)cc1. The molecule has 0 spiro atoms. The molecule has 2 aromatic rings. The average molecular weight is 420 g/mol. The Morgan fingerprint density at radius 1 is 1.13 bits per heavy atom. The van der Waals surface area contributed by atoms with Gasteiger partial charge in [-0.15, -0.1) is 0 Å². The molecular formula is C23H27F3N2O2. The third kappa shape index (κ3) is 4.46. The van der Waals surface area contributed by atoms with Crippen molar-refractivity contribution in [2.24, 2.45) is 5.92 Å². The number of hydrogen-bond acceptors (Lipinski definition) is 3. The summed E-state index contributed by atoms with van der Waals surface area (Å²) in [4.78, 5) is 16.8. The zero-order valence-corrected chi connectivity index (χ0v) is 17.7. The maximum atomic E-state index is 13.8. The molecule has 0 aromatic heterocycles. The molecule has 0 saturated heterocycles. The molecule has 0 aliphatic carbocycles. The van der Waals surface area contributed by atoms with Crippen LogP contribution in [0.25, 0.3) is 0 Å². The standard InChI is InChI=1S/C23H27F3N2O2/c1-15-18(16-8-10-17(30-4)11-9-16)14-19-20(23(24,25)26)6-5-7-21(19)28(22(15)29)13-12-27(2)3/h5-11,15,18H,12-14H2,1-4H3. The molecule has 30 heavy (non-hydrogen) atoms. The van der Waals surface area contributed by atoms with Crippen LogP contribution in [0.3, 0.4) is 0 Å². The van der Waals surface area contributed by atoms with E-state index in [1.807, 2.05) is 31.1 Å². The summed E-state index contributed by atoms with van der Waals surface area (Å²) in [7, 11) is 5.30. The third-order valence-electron chi connectivity index (χ3n) is 5.75. The summed E-state index contributed by atoms with van der Waals surface area (Å²) in [5, 5.41) is 0. The molecule has 4 nitrogen and oxygen atoms in total. The maximum absolute atomic E-state index is 13.8. The van der Waals surface area contributed by atoms with Gasteiger partial charge in [0.15, 0.2) is 0 Å². The first kappa shape index (κ1) is 22.2. The van der Waals surface area contributed by atoms with Crippen molar-refractivity contribution in [3.05, 3.63) is 59.2 Å². The molecule has 0 saturated carbocycles. The largest absolute Gasteiger partial charge is 0.497 e. The summed E-state index contributed by atoms with van der Waals surface area (Å²) in [5.74, 6) is -0.324. The van der Waals surface area contributed by atoms with Crippen molar-refractivity contribution >= 4 is 11.6 Å². The summed E-state index contributed by atoms with van der Waals surface area (Å²) >= 11 is 0. The minimum Gasteiger partial charge on any atom is -0.497 e. The summed E-state index contributed by atoms with van der Waals surface area (Å²) in [6, 6.07) is 11.3. The fourth-order valence-corrected chi connectivity index (χ4v) is 4.03. The molecule has 7 heteroatoms. The molecule has 0 radical (unpaired) electrons. The van der Waals surface area contributed by atoms with Gasteiger partial charge in [-0.25, -0.2) is 0 Å². The summed E-state index contributed by atoms with van der Waals surface area (Å²) in [6.45, 7) is 2.69. The number of halogens is 3. The van der Waals surface area contributed by atoms with Gasteiger partial charge in [0, 0.05) is 24.7 Å². The van der Waals surface area contributed by atoms with Crippen LogP contribution in [-0.4, -0.2) is 45.1 Å². The van der Waals surface area contributed by atoms with E-state index in [0.717, 1.165) is 11.6 Å². The fourth-order valence-electron chi connectivity index (χ4n) is 4.03. The molecule has 162 valence electrons. The number of amides is 1. The van der Waals surface area contributed by atoms with Crippen LogP contribution in [0.1, 0.15) is 29.5 Å². The van der Waals surface area contributed by atoms with Gasteiger partial charge in [0.25, 0.3) is 0 Å². The Labute approximate surface area is 175 Å². The van der Waals surface area contributed by atoms with E-state index in [-0.39, 0.29) is 23.8 Å². The molecule has 0 N–H and O–H groups in total. The second-order valence-corrected chi connectivity index (χ2v) is 7.97. The Bertz CT molecular complexity index is 894. The van der Waals surface area contributed by atoms with Gasteiger partial charge in [-0.3, -0.25) is 4.79 Å². The molecule has 1 amide bonds. The number of methoxy groups -OCH3 is 1. The zero-order valence-electron chi connectivity index (χ0n) is 17.7. The molecule has 0 fully saturated rings. The zero-order chi connectivity index (χ0) is 22.1. The number of carbonyl (C=O) groups is 1. The van der Waals surface area contributed by atoms with Gasteiger partial charge in [0.05, 0.1) is 12.7 Å². The van der Waals surface area contributed by atoms with Crippen LogP contribution in [0.2, 0.25) is 0 Å². The summed E-state index contributed by atoms with van der Waals surface area (Å²) < 4.78 is 46.7. The van der Waals surface area contributed by atoms with E-state index in [0.29, 0.717) is 24.5 Å². The van der Waals surface area contributed by atoms with Crippen molar-refractivity contribution in [2.45, 2.75) is 25.4 Å². The van der Waals surface area contributed by atoms with Gasteiger partial charge < -0.3 is 14.5 Å². The maximum Gasteiger partial charge on any atom is 0.416 e. The van der Waals surface area contributed by atoms with Crippen molar-refractivity contribution in [1.29, 1.82) is 0 Å². The highest BCUT2D eigenvalue weighted by Gasteiger charge is 2.40. The lowest BCUT2D eigenvalue weighted by atomic mass is 9.82. The van der Waals surface area contributed by atoms with Crippen LogP contribution in [-0.2, 0) is 17.4 Å². The Morgan fingerprint density at radius 3 is 2.37 bits per heavy atom. The van der Waals surface area contributed by atoms with E-state index in [4.69, 9.17) is 4.74 Å². The highest BCUT2D eigenvalue weighted by molar-refractivity contribution is 5.97. The number of anilines is 1. The number of alkyl halides is 3. The lowest BCUT2D eigenvalue weighted by Gasteiger charge is -2.28. The van der Waals surface area contributed by atoms with Crippen LogP contribution in [0.15, 0.2) is 42.5 Å². The number of likely N-dealkylation sites (N-methyl/N-ethyl adjacent to an activating group) is 1. The molecule has 2 atom stereocenters. The van der Waals surface area contributed by atoms with E-state index in [1.54, 1.807) is 32.2 Å². The number of nitrogens with zero attached hydrogens (tertiary/aromatic N) is 2. The number of hydrogen-bond donors (Lipinski definition) is 0. The normalized spacial score (nSPS) is 19.6. The first-order valence-electron chi connectivity index (χ1n) is 9.92. The van der Waals surface area contributed by atoms with Crippen LogP contribution >= 0.6 is 0 Å². The predicted molar refractivity (Wildman–Crippen MR) is 111 cm³/mol. The molecule has 3 rings (SSSR count). The van der Waals surface area contributed by atoms with E-state index < -0.39 is 17.7 Å². The van der Waals surface area contributed by atoms with Gasteiger partial charge in [-0.05, 0) is 61.8 Å². The smallest absolute Gasteiger partial charge is 0.416 e. The average Bonchev–Trinajstić information content (AvgIpc) is 2.80. The lowest BCUT2D eigenvalue weighted by Crippen LogP contribution is -2.40. The van der Waals surface area contributed by atoms with E-state index >= 15 is 0 Å². The Hall–Kier alpha value is -2.54. The van der Waals surface area contributed by atoms with Crippen LogP contribution in [0.5, 0.6) is 5.75 Å². The summed E-state index contributed by atoms with van der Waals surface area (Å²) in [5.41, 5.74) is 0.700. The lowest BCUT2D eigenvalue weighted by molar-refractivity contribution is -0.138. The molecule has 2 unspecified atom stereocenters.